The predicted octanol–water partition coefficient (Wildman–Crippen LogP) is 4.92. The summed E-state index contributed by atoms with van der Waals surface area (Å²) >= 11 is 1.51. The van der Waals surface area contributed by atoms with Crippen molar-refractivity contribution < 1.29 is 27.8 Å². The summed E-state index contributed by atoms with van der Waals surface area (Å²) in [5.41, 5.74) is 2.32. The fourth-order valence-corrected chi connectivity index (χ4v) is 5.24. The van der Waals surface area contributed by atoms with Gasteiger partial charge in [0.05, 0.1) is 19.6 Å². The third kappa shape index (κ3) is 2.63. The van der Waals surface area contributed by atoms with Crippen LogP contribution in [-0.4, -0.2) is 14.2 Å². The molecule has 0 fully saturated rings. The van der Waals surface area contributed by atoms with Crippen LogP contribution < -0.4 is 19.8 Å². The lowest BCUT2D eigenvalue weighted by atomic mass is 9.84. The van der Waals surface area contributed by atoms with Gasteiger partial charge in [0.2, 0.25) is 5.79 Å². The van der Waals surface area contributed by atoms with Gasteiger partial charge in [0.25, 0.3) is 0 Å². The highest BCUT2D eigenvalue weighted by Crippen LogP contribution is 2.54. The summed E-state index contributed by atoms with van der Waals surface area (Å²) in [4.78, 5) is 13.1. The minimum Gasteiger partial charge on any atom is -0.493 e. The maximum Gasteiger partial charge on any atom is 0.346 e. The highest BCUT2D eigenvalue weighted by atomic mass is 32.1. The third-order valence-corrected chi connectivity index (χ3v) is 6.69. The molecule has 8 heteroatoms. The van der Waals surface area contributed by atoms with Crippen LogP contribution in [0.5, 0.6) is 17.2 Å². The number of hydrogen-bond acceptors (Lipinski definition) is 7. The number of ether oxygens (including phenoxy) is 4. The topological polar surface area (TPSA) is 67.1 Å². The first kappa shape index (κ1) is 19.3. The lowest BCUT2D eigenvalue weighted by Crippen LogP contribution is -2.47. The van der Waals surface area contributed by atoms with E-state index >= 15 is 0 Å². The number of methoxy groups -OCH3 is 2. The Bertz CT molecular complexity index is 1430. The van der Waals surface area contributed by atoms with Gasteiger partial charge in [-0.2, -0.15) is 11.3 Å². The maximum atomic E-state index is 14.2. The SMILES string of the molecule is COc1cc2c(cc1OC)C1O[C@](c3ccsc3)(C2)Oc2c1c(=O)oc1ccc(F)cc21. The fourth-order valence-electron chi connectivity index (χ4n) is 4.53. The Labute approximate surface area is 185 Å². The van der Waals surface area contributed by atoms with Crippen LogP contribution in [0.4, 0.5) is 4.39 Å². The Hall–Kier alpha value is -3.36. The van der Waals surface area contributed by atoms with Crippen molar-refractivity contribution in [2.45, 2.75) is 18.3 Å². The Morgan fingerprint density at radius 3 is 2.69 bits per heavy atom. The molecule has 6 nitrogen and oxygen atoms in total. The fraction of sp³-hybridized carbons (Fsp3) is 0.208. The van der Waals surface area contributed by atoms with E-state index < -0.39 is 23.3 Å². The molecule has 1 unspecified atom stereocenters. The van der Waals surface area contributed by atoms with E-state index in [1.807, 2.05) is 22.9 Å². The van der Waals surface area contributed by atoms with Crippen molar-refractivity contribution in [1.29, 1.82) is 0 Å². The molecular weight excluding hydrogens is 435 g/mol. The number of thiophene rings is 1. The number of rotatable bonds is 3. The van der Waals surface area contributed by atoms with Crippen LogP contribution in [0.2, 0.25) is 0 Å². The molecule has 6 rings (SSSR count). The van der Waals surface area contributed by atoms with Gasteiger partial charge < -0.3 is 23.4 Å². The number of benzene rings is 2. The second-order valence-electron chi connectivity index (χ2n) is 7.72. The van der Waals surface area contributed by atoms with Crippen LogP contribution in [0.3, 0.4) is 0 Å². The molecule has 2 aliphatic heterocycles. The second kappa shape index (κ2) is 6.82. The lowest BCUT2D eigenvalue weighted by Gasteiger charge is -2.46. The average Bonchev–Trinajstić information content (AvgIpc) is 3.34. The quantitative estimate of drug-likeness (QED) is 0.411. The van der Waals surface area contributed by atoms with Crippen LogP contribution in [0.1, 0.15) is 28.4 Å². The Morgan fingerprint density at radius 2 is 1.94 bits per heavy atom. The first-order valence-corrected chi connectivity index (χ1v) is 10.9. The molecule has 4 aromatic rings. The largest absolute Gasteiger partial charge is 0.493 e. The standard InChI is InChI=1S/C24H17FO6S/c1-27-18-7-12-10-24(13-5-6-32-11-13)30-21(15(12)9-19(18)28-2)20-22(31-24)16-8-14(25)3-4-17(16)29-23(20)26/h3-9,11,21H,10H2,1-2H3/t21?,24-/m1/s1. The molecule has 32 heavy (non-hydrogen) atoms. The lowest BCUT2D eigenvalue weighted by molar-refractivity contribution is -0.237. The Balaban J connectivity index is 1.69. The molecule has 162 valence electrons. The Morgan fingerprint density at radius 1 is 1.12 bits per heavy atom. The van der Waals surface area contributed by atoms with Gasteiger partial charge in [0.1, 0.15) is 28.8 Å². The minimum atomic E-state index is -1.18. The molecule has 0 N–H and O–H groups in total. The number of hydrogen-bond donors (Lipinski definition) is 0. The monoisotopic (exact) mass is 452 g/mol. The summed E-state index contributed by atoms with van der Waals surface area (Å²) in [7, 11) is 3.12. The molecule has 0 spiro atoms. The molecule has 2 bridgehead atoms. The van der Waals surface area contributed by atoms with Gasteiger partial charge in [-0.05, 0) is 52.9 Å². The Kier molecular flexibility index (Phi) is 4.12. The van der Waals surface area contributed by atoms with Crippen molar-refractivity contribution in [1.82, 2.24) is 0 Å². The summed E-state index contributed by atoms with van der Waals surface area (Å²) < 4.78 is 43.6. The normalized spacial score (nSPS) is 20.9. The molecule has 0 aliphatic carbocycles. The zero-order valence-corrected chi connectivity index (χ0v) is 18.0. The van der Waals surface area contributed by atoms with E-state index in [1.165, 1.54) is 29.5 Å². The van der Waals surface area contributed by atoms with E-state index in [0.717, 1.165) is 16.7 Å². The van der Waals surface area contributed by atoms with Gasteiger partial charge in [-0.3, -0.25) is 0 Å². The van der Waals surface area contributed by atoms with Crippen molar-refractivity contribution in [3.8, 4) is 17.2 Å². The smallest absolute Gasteiger partial charge is 0.346 e. The van der Waals surface area contributed by atoms with E-state index in [0.29, 0.717) is 23.3 Å². The van der Waals surface area contributed by atoms with E-state index in [9.17, 15) is 9.18 Å². The van der Waals surface area contributed by atoms with Crippen molar-refractivity contribution >= 4 is 22.3 Å². The van der Waals surface area contributed by atoms with Gasteiger partial charge in [-0.15, -0.1) is 0 Å². The van der Waals surface area contributed by atoms with Crippen LogP contribution in [0, 0.1) is 5.82 Å². The van der Waals surface area contributed by atoms with Crippen LogP contribution in [0.25, 0.3) is 11.0 Å². The van der Waals surface area contributed by atoms with E-state index in [1.54, 1.807) is 20.3 Å². The molecular formula is C24H17FO6S. The zero-order valence-electron chi connectivity index (χ0n) is 17.1. The molecule has 0 radical (unpaired) electrons. The van der Waals surface area contributed by atoms with Crippen molar-refractivity contribution in [2.75, 3.05) is 14.2 Å². The van der Waals surface area contributed by atoms with Crippen LogP contribution in [0.15, 0.2) is 56.4 Å². The van der Waals surface area contributed by atoms with E-state index in [4.69, 9.17) is 23.4 Å². The first-order chi connectivity index (χ1) is 15.5. The van der Waals surface area contributed by atoms with E-state index in [-0.39, 0.29) is 16.9 Å². The highest BCUT2D eigenvalue weighted by Gasteiger charge is 2.51. The number of halogens is 1. The molecule has 0 saturated carbocycles. The number of fused-ring (bicyclic) bond motifs is 8. The third-order valence-electron chi connectivity index (χ3n) is 6.00. The molecule has 0 saturated heterocycles. The van der Waals surface area contributed by atoms with Crippen LogP contribution in [-0.2, 0) is 16.9 Å². The van der Waals surface area contributed by atoms with Crippen molar-refractivity contribution in [3.05, 3.63) is 85.6 Å². The summed E-state index contributed by atoms with van der Waals surface area (Å²) in [6, 6.07) is 9.60. The van der Waals surface area contributed by atoms with Gasteiger partial charge in [-0.25, -0.2) is 9.18 Å². The highest BCUT2D eigenvalue weighted by molar-refractivity contribution is 7.08. The van der Waals surface area contributed by atoms with Crippen molar-refractivity contribution in [2.24, 2.45) is 0 Å². The molecule has 2 aromatic heterocycles. The van der Waals surface area contributed by atoms with Crippen molar-refractivity contribution in [3.63, 3.8) is 0 Å². The van der Waals surface area contributed by atoms with Gasteiger partial charge >= 0.3 is 5.63 Å². The molecule has 2 aromatic carbocycles. The summed E-state index contributed by atoms with van der Waals surface area (Å²) in [6.45, 7) is 0. The predicted molar refractivity (Wildman–Crippen MR) is 115 cm³/mol. The zero-order chi connectivity index (χ0) is 22.0. The molecule has 2 aliphatic rings. The summed E-state index contributed by atoms with van der Waals surface area (Å²) in [5, 5.41) is 4.27. The van der Waals surface area contributed by atoms with E-state index in [2.05, 4.69) is 0 Å². The second-order valence-corrected chi connectivity index (χ2v) is 8.50. The molecule has 4 heterocycles. The minimum absolute atomic E-state index is 0.196. The van der Waals surface area contributed by atoms with Gasteiger partial charge in [0.15, 0.2) is 11.5 Å². The first-order valence-electron chi connectivity index (χ1n) is 9.93. The van der Waals surface area contributed by atoms with Gasteiger partial charge in [-0.1, -0.05) is 0 Å². The average molecular weight is 452 g/mol. The molecule has 2 atom stereocenters. The molecule has 0 amide bonds. The summed E-state index contributed by atoms with van der Waals surface area (Å²) in [6.07, 6.45) is -0.419. The van der Waals surface area contributed by atoms with Crippen LogP contribution >= 0.6 is 11.3 Å². The maximum absolute atomic E-state index is 14.2. The van der Waals surface area contributed by atoms with Gasteiger partial charge in [0, 0.05) is 17.4 Å². The summed E-state index contributed by atoms with van der Waals surface area (Å²) in [5.74, 6) is -0.275.